The van der Waals surface area contributed by atoms with Crippen LogP contribution in [0.15, 0.2) is 85.2 Å². The number of aromatic nitrogens is 1. The molecule has 2 heterocycles. The highest BCUT2D eigenvalue weighted by Gasteiger charge is 2.28. The van der Waals surface area contributed by atoms with Crippen molar-refractivity contribution in [3.8, 4) is 0 Å². The molecule has 1 aliphatic rings. The molecule has 188 valence electrons. The Labute approximate surface area is 211 Å². The molecule has 0 aliphatic carbocycles. The molecule has 1 atom stereocenters. The van der Waals surface area contributed by atoms with Crippen LogP contribution in [0.2, 0.25) is 0 Å². The topological polar surface area (TPSA) is 62.3 Å². The molecule has 0 aromatic carbocycles. The minimum atomic E-state index is -0.0688. The molecule has 0 bridgehead atoms. The van der Waals surface area contributed by atoms with E-state index in [0.29, 0.717) is 25.2 Å². The molecule has 0 radical (unpaired) electrons. The number of allylic oxidation sites excluding steroid dienone is 10. The molecule has 5 nitrogen and oxygen atoms in total. The van der Waals surface area contributed by atoms with Crippen LogP contribution in [0.4, 0.5) is 0 Å². The van der Waals surface area contributed by atoms with E-state index >= 15 is 0 Å². The van der Waals surface area contributed by atoms with E-state index in [-0.39, 0.29) is 17.9 Å². The van der Waals surface area contributed by atoms with Crippen molar-refractivity contribution in [3.05, 3.63) is 90.9 Å². The van der Waals surface area contributed by atoms with Gasteiger partial charge in [-0.1, -0.05) is 73.8 Å². The summed E-state index contributed by atoms with van der Waals surface area (Å²) >= 11 is 0. The number of hydrogen-bond donors (Lipinski definition) is 1. The molecule has 1 aliphatic heterocycles. The van der Waals surface area contributed by atoms with Crippen molar-refractivity contribution in [2.75, 3.05) is 13.1 Å². The first-order valence-electron chi connectivity index (χ1n) is 12.9. The minimum absolute atomic E-state index is 0.0314. The van der Waals surface area contributed by atoms with Crippen LogP contribution in [0.25, 0.3) is 0 Å². The average Bonchev–Trinajstić information content (AvgIpc) is 3.34. The standard InChI is InChI=1S/C30H41N3O2/c1-2-3-4-5-6-7-8-9-10-11-12-13-14-15-16-17-18-22-29(34)32-27-23-25-33(26-27)30(35)28-21-19-20-24-31-28/h3-4,6-7,9-10,12-13,15-16,19-21,24,27H,2,5,8,11,14,17-18,22-23,25-26H2,1H3,(H,32,34)/t27-/m0/s1. The van der Waals surface area contributed by atoms with Gasteiger partial charge in [0.15, 0.2) is 0 Å². The third-order valence-corrected chi connectivity index (χ3v) is 5.66. The van der Waals surface area contributed by atoms with E-state index in [2.05, 4.69) is 78.0 Å². The van der Waals surface area contributed by atoms with Crippen LogP contribution >= 0.6 is 0 Å². The highest BCUT2D eigenvalue weighted by atomic mass is 16.2. The summed E-state index contributed by atoms with van der Waals surface area (Å²) in [5.74, 6) is -0.00442. The van der Waals surface area contributed by atoms with Crippen molar-refractivity contribution in [1.29, 1.82) is 0 Å². The van der Waals surface area contributed by atoms with Crippen LogP contribution in [-0.2, 0) is 4.79 Å². The van der Waals surface area contributed by atoms with E-state index in [1.165, 1.54) is 0 Å². The number of carbonyl (C=O) groups is 2. The zero-order valence-electron chi connectivity index (χ0n) is 21.1. The Morgan fingerprint density at radius 2 is 1.57 bits per heavy atom. The van der Waals surface area contributed by atoms with E-state index in [0.717, 1.165) is 51.4 Å². The molecule has 1 aromatic rings. The van der Waals surface area contributed by atoms with Gasteiger partial charge in [0, 0.05) is 31.7 Å². The number of nitrogens with zero attached hydrogens (tertiary/aromatic N) is 2. The Hall–Kier alpha value is -3.21. The Morgan fingerprint density at radius 3 is 2.17 bits per heavy atom. The first-order chi connectivity index (χ1) is 17.2. The molecule has 35 heavy (non-hydrogen) atoms. The lowest BCUT2D eigenvalue weighted by atomic mass is 10.2. The summed E-state index contributed by atoms with van der Waals surface area (Å²) in [7, 11) is 0. The zero-order chi connectivity index (χ0) is 25.0. The number of rotatable bonds is 15. The second kappa shape index (κ2) is 18.2. The van der Waals surface area contributed by atoms with Crippen molar-refractivity contribution in [1.82, 2.24) is 15.2 Å². The number of unbranched alkanes of at least 4 members (excludes halogenated alkanes) is 1. The summed E-state index contributed by atoms with van der Waals surface area (Å²) in [6.07, 6.45) is 31.5. The summed E-state index contributed by atoms with van der Waals surface area (Å²) in [5, 5.41) is 3.07. The summed E-state index contributed by atoms with van der Waals surface area (Å²) in [4.78, 5) is 30.6. The van der Waals surface area contributed by atoms with E-state index in [1.807, 2.05) is 6.07 Å². The van der Waals surface area contributed by atoms with E-state index in [4.69, 9.17) is 0 Å². The lowest BCUT2D eigenvalue weighted by Crippen LogP contribution is -2.38. The van der Waals surface area contributed by atoms with Gasteiger partial charge in [0.05, 0.1) is 0 Å². The number of hydrogen-bond acceptors (Lipinski definition) is 3. The third kappa shape index (κ3) is 12.7. The van der Waals surface area contributed by atoms with Crippen LogP contribution in [0.5, 0.6) is 0 Å². The lowest BCUT2D eigenvalue weighted by Gasteiger charge is -2.16. The van der Waals surface area contributed by atoms with Gasteiger partial charge in [-0.3, -0.25) is 14.6 Å². The summed E-state index contributed by atoms with van der Waals surface area (Å²) in [5.41, 5.74) is 0.455. The van der Waals surface area contributed by atoms with Crippen molar-refractivity contribution >= 4 is 11.8 Å². The van der Waals surface area contributed by atoms with Crippen LogP contribution in [0, 0.1) is 0 Å². The van der Waals surface area contributed by atoms with Gasteiger partial charge in [-0.05, 0) is 63.5 Å². The molecule has 5 heteroatoms. The maximum atomic E-state index is 12.5. The Bertz CT molecular complexity index is 884. The second-order valence-electron chi connectivity index (χ2n) is 8.62. The highest BCUT2D eigenvalue weighted by molar-refractivity contribution is 5.92. The number of likely N-dealkylation sites (tertiary alicyclic amines) is 1. The number of pyridine rings is 1. The summed E-state index contributed by atoms with van der Waals surface area (Å²) < 4.78 is 0. The van der Waals surface area contributed by atoms with Gasteiger partial charge in [0.25, 0.3) is 5.91 Å². The smallest absolute Gasteiger partial charge is 0.272 e. The van der Waals surface area contributed by atoms with Gasteiger partial charge < -0.3 is 10.2 Å². The highest BCUT2D eigenvalue weighted by Crippen LogP contribution is 2.13. The van der Waals surface area contributed by atoms with Crippen molar-refractivity contribution < 1.29 is 9.59 Å². The maximum absolute atomic E-state index is 12.5. The van der Waals surface area contributed by atoms with Gasteiger partial charge in [-0.25, -0.2) is 0 Å². The predicted octanol–water partition coefficient (Wildman–Crippen LogP) is 6.33. The van der Waals surface area contributed by atoms with Gasteiger partial charge >= 0.3 is 0 Å². The molecular weight excluding hydrogens is 434 g/mol. The van der Waals surface area contributed by atoms with Crippen molar-refractivity contribution in [3.63, 3.8) is 0 Å². The molecule has 0 saturated carbocycles. The van der Waals surface area contributed by atoms with Crippen LogP contribution in [0.1, 0.15) is 75.2 Å². The van der Waals surface area contributed by atoms with Crippen LogP contribution < -0.4 is 5.32 Å². The number of amides is 2. The third-order valence-electron chi connectivity index (χ3n) is 5.66. The molecule has 2 amide bonds. The largest absolute Gasteiger partial charge is 0.352 e. The predicted molar refractivity (Wildman–Crippen MR) is 145 cm³/mol. The first-order valence-corrected chi connectivity index (χ1v) is 12.9. The van der Waals surface area contributed by atoms with E-state index in [9.17, 15) is 9.59 Å². The monoisotopic (exact) mass is 475 g/mol. The fourth-order valence-corrected chi connectivity index (χ4v) is 3.76. The average molecular weight is 476 g/mol. The Balaban J connectivity index is 1.47. The molecule has 1 saturated heterocycles. The summed E-state index contributed by atoms with van der Waals surface area (Å²) in [6, 6.07) is 5.36. The first kappa shape index (κ1) is 28.0. The molecule has 0 unspecified atom stereocenters. The molecule has 1 aromatic heterocycles. The summed E-state index contributed by atoms with van der Waals surface area (Å²) in [6.45, 7) is 3.35. The Kier molecular flexibility index (Phi) is 14.5. The molecule has 2 rings (SSSR count). The van der Waals surface area contributed by atoms with E-state index in [1.54, 1.807) is 23.2 Å². The van der Waals surface area contributed by atoms with Gasteiger partial charge in [0.1, 0.15) is 5.69 Å². The second-order valence-corrected chi connectivity index (χ2v) is 8.62. The molecular formula is C30H41N3O2. The van der Waals surface area contributed by atoms with Gasteiger partial charge in [0.2, 0.25) is 5.91 Å². The minimum Gasteiger partial charge on any atom is -0.352 e. The fraction of sp³-hybridized carbons (Fsp3) is 0.433. The van der Waals surface area contributed by atoms with Crippen molar-refractivity contribution in [2.45, 2.75) is 70.8 Å². The Morgan fingerprint density at radius 1 is 0.943 bits per heavy atom. The van der Waals surface area contributed by atoms with Crippen LogP contribution in [-0.4, -0.2) is 40.8 Å². The maximum Gasteiger partial charge on any atom is 0.272 e. The van der Waals surface area contributed by atoms with Gasteiger partial charge in [-0.2, -0.15) is 0 Å². The quantitative estimate of drug-likeness (QED) is 0.238. The zero-order valence-corrected chi connectivity index (χ0v) is 21.1. The molecule has 1 fully saturated rings. The number of carbonyl (C=O) groups excluding carboxylic acids is 2. The number of nitrogens with one attached hydrogen (secondary N) is 1. The van der Waals surface area contributed by atoms with Crippen molar-refractivity contribution in [2.24, 2.45) is 0 Å². The van der Waals surface area contributed by atoms with E-state index < -0.39 is 0 Å². The fourth-order valence-electron chi connectivity index (χ4n) is 3.76. The normalized spacial score (nSPS) is 16.6. The SMILES string of the molecule is CCC=CCC=CCC=CCC=CCC=CCCCC(=O)N[C@H]1CCN(C(=O)c2ccccn2)C1. The molecule has 0 spiro atoms. The van der Waals surface area contributed by atoms with Crippen LogP contribution in [0.3, 0.4) is 0 Å². The molecule has 1 N–H and O–H groups in total. The lowest BCUT2D eigenvalue weighted by molar-refractivity contribution is -0.121. The van der Waals surface area contributed by atoms with Gasteiger partial charge in [-0.15, -0.1) is 0 Å².